The highest BCUT2D eigenvalue weighted by Crippen LogP contribution is 2.48. The van der Waals surface area contributed by atoms with Crippen LogP contribution in [0.3, 0.4) is 0 Å². The number of ether oxygens (including phenoxy) is 2. The van der Waals surface area contributed by atoms with Gasteiger partial charge in [0.05, 0.1) is 5.41 Å². The van der Waals surface area contributed by atoms with Crippen LogP contribution in [0.4, 0.5) is 0 Å². The van der Waals surface area contributed by atoms with Gasteiger partial charge in [-0.25, -0.2) is 4.79 Å². The average molecular weight is 228 g/mol. The summed E-state index contributed by atoms with van der Waals surface area (Å²) in [6.07, 6.45) is 1.74. The molecule has 1 atom stereocenters. The molecule has 2 aliphatic heterocycles. The smallest absolute Gasteiger partial charge is 0.348 e. The van der Waals surface area contributed by atoms with Crippen molar-refractivity contribution in [1.29, 1.82) is 0 Å². The van der Waals surface area contributed by atoms with E-state index in [1.54, 1.807) is 6.92 Å². The minimum atomic E-state index is -1.31. The third kappa shape index (κ3) is 1.50. The van der Waals surface area contributed by atoms with Gasteiger partial charge in [0.15, 0.2) is 0 Å². The molecule has 0 aliphatic carbocycles. The van der Waals surface area contributed by atoms with Gasteiger partial charge in [0, 0.05) is 19.6 Å². The van der Waals surface area contributed by atoms with E-state index in [1.807, 2.05) is 0 Å². The molecule has 2 fully saturated rings. The molecule has 5 nitrogen and oxygen atoms in total. The quantitative estimate of drug-likeness (QED) is 0.713. The first-order chi connectivity index (χ1) is 7.55. The molecule has 5 heteroatoms. The van der Waals surface area contributed by atoms with Gasteiger partial charge in [-0.3, -0.25) is 4.79 Å². The predicted molar refractivity (Wildman–Crippen MR) is 53.9 cm³/mol. The maximum atomic E-state index is 11.9. The van der Waals surface area contributed by atoms with E-state index in [1.165, 1.54) is 0 Å². The molecule has 2 heterocycles. The van der Waals surface area contributed by atoms with Crippen molar-refractivity contribution in [2.45, 2.75) is 38.2 Å². The van der Waals surface area contributed by atoms with Gasteiger partial charge >= 0.3 is 11.9 Å². The Hall–Kier alpha value is -1.10. The van der Waals surface area contributed by atoms with Crippen LogP contribution in [0, 0.1) is 5.41 Å². The standard InChI is InChI=1S/C11H16O5/c1-2-11(8(12)13)7-10(9(14)16-11)3-5-15-6-4-10/h2-7H2,1H3,(H,12,13). The Bertz CT molecular complexity index is 318. The Balaban J connectivity index is 2.26. The Kier molecular flexibility index (Phi) is 2.66. The van der Waals surface area contributed by atoms with Crippen LogP contribution < -0.4 is 0 Å². The van der Waals surface area contributed by atoms with E-state index in [4.69, 9.17) is 9.47 Å². The van der Waals surface area contributed by atoms with Gasteiger partial charge < -0.3 is 14.6 Å². The Labute approximate surface area is 93.7 Å². The summed E-state index contributed by atoms with van der Waals surface area (Å²) in [4.78, 5) is 23.1. The molecular weight excluding hydrogens is 212 g/mol. The van der Waals surface area contributed by atoms with Crippen molar-refractivity contribution in [2.75, 3.05) is 13.2 Å². The molecule has 0 amide bonds. The molecule has 1 N–H and O–H groups in total. The summed E-state index contributed by atoms with van der Waals surface area (Å²) in [6, 6.07) is 0. The highest BCUT2D eigenvalue weighted by Gasteiger charge is 2.59. The zero-order valence-corrected chi connectivity index (χ0v) is 9.32. The molecule has 1 spiro atoms. The SMILES string of the molecule is CCC1(C(=O)O)CC2(CCOCC2)C(=O)O1. The van der Waals surface area contributed by atoms with Crippen LogP contribution in [0.25, 0.3) is 0 Å². The lowest BCUT2D eigenvalue weighted by Gasteiger charge is -2.29. The van der Waals surface area contributed by atoms with Crippen LogP contribution in [-0.4, -0.2) is 35.9 Å². The van der Waals surface area contributed by atoms with Crippen molar-refractivity contribution in [2.24, 2.45) is 5.41 Å². The first kappa shape index (κ1) is 11.4. The molecule has 0 aromatic carbocycles. The number of esters is 1. The second-order valence-electron chi connectivity index (χ2n) is 4.61. The van der Waals surface area contributed by atoms with Crippen molar-refractivity contribution in [1.82, 2.24) is 0 Å². The topological polar surface area (TPSA) is 72.8 Å². The van der Waals surface area contributed by atoms with E-state index in [2.05, 4.69) is 0 Å². The molecule has 0 bridgehead atoms. The molecule has 1 unspecified atom stereocenters. The second kappa shape index (κ2) is 3.73. The lowest BCUT2D eigenvalue weighted by molar-refractivity contribution is -0.171. The van der Waals surface area contributed by atoms with Gasteiger partial charge in [0.2, 0.25) is 5.60 Å². The number of carboxylic acid groups (broad SMARTS) is 1. The maximum absolute atomic E-state index is 11.9. The van der Waals surface area contributed by atoms with Crippen molar-refractivity contribution in [3.8, 4) is 0 Å². The van der Waals surface area contributed by atoms with Gasteiger partial charge in [0.25, 0.3) is 0 Å². The summed E-state index contributed by atoms with van der Waals surface area (Å²) in [5.74, 6) is -1.40. The second-order valence-corrected chi connectivity index (χ2v) is 4.61. The van der Waals surface area contributed by atoms with Crippen LogP contribution in [-0.2, 0) is 19.1 Å². The van der Waals surface area contributed by atoms with Crippen molar-refractivity contribution < 1.29 is 24.2 Å². The number of hydrogen-bond donors (Lipinski definition) is 1. The number of hydrogen-bond acceptors (Lipinski definition) is 4. The molecule has 0 radical (unpaired) electrons. The minimum Gasteiger partial charge on any atom is -0.478 e. The van der Waals surface area contributed by atoms with E-state index in [0.29, 0.717) is 32.5 Å². The third-order valence-corrected chi connectivity index (χ3v) is 3.76. The lowest BCUT2D eigenvalue weighted by atomic mass is 9.74. The molecule has 2 aliphatic rings. The van der Waals surface area contributed by atoms with E-state index in [-0.39, 0.29) is 12.4 Å². The fourth-order valence-corrected chi connectivity index (χ4v) is 2.55. The predicted octanol–water partition coefficient (Wildman–Crippen LogP) is 0.964. The first-order valence-corrected chi connectivity index (χ1v) is 5.59. The Morgan fingerprint density at radius 1 is 1.44 bits per heavy atom. The van der Waals surface area contributed by atoms with E-state index in [9.17, 15) is 14.7 Å². The molecule has 2 rings (SSSR count). The zero-order valence-electron chi connectivity index (χ0n) is 9.32. The fourth-order valence-electron chi connectivity index (χ4n) is 2.55. The van der Waals surface area contributed by atoms with Crippen molar-refractivity contribution in [3.05, 3.63) is 0 Å². The van der Waals surface area contributed by atoms with E-state index >= 15 is 0 Å². The Morgan fingerprint density at radius 3 is 2.50 bits per heavy atom. The number of carbonyl (C=O) groups excluding carboxylic acids is 1. The van der Waals surface area contributed by atoms with E-state index < -0.39 is 17.0 Å². The van der Waals surface area contributed by atoms with Crippen LogP contribution in [0.1, 0.15) is 32.6 Å². The molecular formula is C11H16O5. The molecule has 0 saturated carbocycles. The highest BCUT2D eigenvalue weighted by molar-refractivity contribution is 5.89. The van der Waals surface area contributed by atoms with Gasteiger partial charge in [0.1, 0.15) is 0 Å². The minimum absolute atomic E-state index is 0.286. The van der Waals surface area contributed by atoms with Crippen molar-refractivity contribution >= 4 is 11.9 Å². The normalized spacial score (nSPS) is 32.7. The number of aliphatic carboxylic acids is 1. The summed E-state index contributed by atoms with van der Waals surface area (Å²) in [6.45, 7) is 2.75. The van der Waals surface area contributed by atoms with Gasteiger partial charge in [-0.2, -0.15) is 0 Å². The maximum Gasteiger partial charge on any atom is 0.348 e. The lowest BCUT2D eigenvalue weighted by Crippen LogP contribution is -2.39. The van der Waals surface area contributed by atoms with Crippen LogP contribution in [0.5, 0.6) is 0 Å². The van der Waals surface area contributed by atoms with Crippen LogP contribution in [0.2, 0.25) is 0 Å². The number of carbonyl (C=O) groups is 2. The summed E-state index contributed by atoms with van der Waals surface area (Å²) < 4.78 is 10.4. The summed E-state index contributed by atoms with van der Waals surface area (Å²) in [5.41, 5.74) is -1.93. The third-order valence-electron chi connectivity index (χ3n) is 3.76. The number of cyclic esters (lactones) is 1. The highest BCUT2D eigenvalue weighted by atomic mass is 16.6. The summed E-state index contributed by atoms with van der Waals surface area (Å²) >= 11 is 0. The fraction of sp³-hybridized carbons (Fsp3) is 0.818. The monoisotopic (exact) mass is 228 g/mol. The Morgan fingerprint density at radius 2 is 2.06 bits per heavy atom. The largest absolute Gasteiger partial charge is 0.478 e. The van der Waals surface area contributed by atoms with E-state index in [0.717, 1.165) is 0 Å². The van der Waals surface area contributed by atoms with Gasteiger partial charge in [-0.15, -0.1) is 0 Å². The molecule has 16 heavy (non-hydrogen) atoms. The summed E-state index contributed by atoms with van der Waals surface area (Å²) in [7, 11) is 0. The molecule has 0 aromatic heterocycles. The van der Waals surface area contributed by atoms with Gasteiger partial charge in [-0.05, 0) is 19.3 Å². The van der Waals surface area contributed by atoms with Crippen LogP contribution in [0.15, 0.2) is 0 Å². The molecule has 0 aromatic rings. The first-order valence-electron chi connectivity index (χ1n) is 5.59. The number of carboxylic acids is 1. The number of rotatable bonds is 2. The summed E-state index contributed by atoms with van der Waals surface area (Å²) in [5, 5.41) is 9.19. The van der Waals surface area contributed by atoms with Gasteiger partial charge in [-0.1, -0.05) is 6.92 Å². The molecule has 2 saturated heterocycles. The van der Waals surface area contributed by atoms with Crippen molar-refractivity contribution in [3.63, 3.8) is 0 Å². The zero-order chi connectivity index (χ0) is 11.8. The molecule has 90 valence electrons. The van der Waals surface area contributed by atoms with Crippen LogP contribution >= 0.6 is 0 Å². The average Bonchev–Trinajstić information content (AvgIpc) is 2.55.